The van der Waals surface area contributed by atoms with Crippen molar-refractivity contribution in [1.82, 2.24) is 10.2 Å². The van der Waals surface area contributed by atoms with E-state index in [2.05, 4.69) is 17.1 Å². The number of amides is 1. The third kappa shape index (κ3) is 3.76. The number of nitrogens with zero attached hydrogens (tertiary/aromatic N) is 1. The van der Waals surface area contributed by atoms with Crippen molar-refractivity contribution in [2.24, 2.45) is 11.7 Å². The highest BCUT2D eigenvalue weighted by Crippen LogP contribution is 2.10. The third-order valence-electron chi connectivity index (χ3n) is 3.54. The summed E-state index contributed by atoms with van der Waals surface area (Å²) in [5.41, 5.74) is 5.69. The first kappa shape index (κ1) is 13.5. The second kappa shape index (κ2) is 6.21. The number of likely N-dealkylation sites (tertiary alicyclic amines) is 1. The van der Waals surface area contributed by atoms with Crippen LogP contribution in [0.15, 0.2) is 0 Å². The maximum Gasteiger partial charge on any atom is 0.224 e. The van der Waals surface area contributed by atoms with Crippen LogP contribution in [0.3, 0.4) is 0 Å². The summed E-state index contributed by atoms with van der Waals surface area (Å²) in [7, 11) is 0. The van der Waals surface area contributed by atoms with Gasteiger partial charge in [0, 0.05) is 24.5 Å². The van der Waals surface area contributed by atoms with Crippen molar-refractivity contribution in [2.45, 2.75) is 45.7 Å². The Morgan fingerprint density at radius 1 is 1.31 bits per heavy atom. The molecule has 1 aliphatic rings. The zero-order chi connectivity index (χ0) is 12.1. The van der Waals surface area contributed by atoms with Crippen molar-refractivity contribution in [2.75, 3.05) is 19.6 Å². The number of rotatable bonds is 5. The van der Waals surface area contributed by atoms with E-state index in [1.165, 1.54) is 25.9 Å². The highest BCUT2D eigenvalue weighted by Gasteiger charge is 2.21. The second-order valence-corrected chi connectivity index (χ2v) is 4.99. The minimum atomic E-state index is -0.106. The van der Waals surface area contributed by atoms with Gasteiger partial charge in [-0.1, -0.05) is 6.92 Å². The molecule has 1 heterocycles. The predicted octanol–water partition coefficient (Wildman–Crippen LogP) is 0.570. The fraction of sp³-hybridized carbons (Fsp3) is 0.917. The smallest absolute Gasteiger partial charge is 0.224 e. The van der Waals surface area contributed by atoms with E-state index in [0.717, 1.165) is 6.54 Å². The fourth-order valence-electron chi connectivity index (χ4n) is 1.96. The maximum atomic E-state index is 11.7. The van der Waals surface area contributed by atoms with E-state index in [1.807, 2.05) is 13.8 Å². The van der Waals surface area contributed by atoms with Gasteiger partial charge in [-0.15, -0.1) is 0 Å². The lowest BCUT2D eigenvalue weighted by atomic mass is 10.0. The Bertz CT molecular complexity index is 224. The molecule has 1 amide bonds. The van der Waals surface area contributed by atoms with Crippen LogP contribution in [0.2, 0.25) is 0 Å². The summed E-state index contributed by atoms with van der Waals surface area (Å²) < 4.78 is 0. The highest BCUT2D eigenvalue weighted by molar-refractivity contribution is 5.78. The van der Waals surface area contributed by atoms with Crippen LogP contribution in [0.1, 0.15) is 33.6 Å². The molecule has 0 spiro atoms. The van der Waals surface area contributed by atoms with Gasteiger partial charge in [0.1, 0.15) is 0 Å². The van der Waals surface area contributed by atoms with Crippen LogP contribution in [-0.2, 0) is 4.79 Å². The van der Waals surface area contributed by atoms with Crippen LogP contribution in [0.4, 0.5) is 0 Å². The monoisotopic (exact) mass is 227 g/mol. The molecule has 3 N–H and O–H groups in total. The number of nitrogens with one attached hydrogen (secondary N) is 1. The first-order valence-corrected chi connectivity index (χ1v) is 6.29. The van der Waals surface area contributed by atoms with Crippen LogP contribution in [-0.4, -0.2) is 42.5 Å². The van der Waals surface area contributed by atoms with Crippen molar-refractivity contribution < 1.29 is 4.79 Å². The normalized spacial score (nSPS) is 22.8. The van der Waals surface area contributed by atoms with Crippen molar-refractivity contribution in [3.05, 3.63) is 0 Å². The molecule has 0 saturated carbocycles. The molecule has 1 saturated heterocycles. The summed E-state index contributed by atoms with van der Waals surface area (Å²) in [6.07, 6.45) is 2.57. The van der Waals surface area contributed by atoms with Crippen molar-refractivity contribution in [3.63, 3.8) is 0 Å². The topological polar surface area (TPSA) is 58.4 Å². The molecule has 1 rings (SSSR count). The van der Waals surface area contributed by atoms with Gasteiger partial charge in [0.05, 0.1) is 0 Å². The zero-order valence-electron chi connectivity index (χ0n) is 10.7. The van der Waals surface area contributed by atoms with Gasteiger partial charge in [-0.2, -0.15) is 0 Å². The minimum absolute atomic E-state index is 0.0704. The third-order valence-corrected chi connectivity index (χ3v) is 3.54. The molecule has 1 aliphatic heterocycles. The fourth-order valence-corrected chi connectivity index (χ4v) is 1.96. The lowest BCUT2D eigenvalue weighted by molar-refractivity contribution is -0.125. The molecular formula is C12H25N3O. The Kier molecular flexibility index (Phi) is 5.22. The Labute approximate surface area is 98.6 Å². The standard InChI is InChI=1S/C12H25N3O/c1-9(15-6-4-5-7-15)8-14-12(16)10(2)11(3)13/h9-11H,4-8,13H2,1-3H3,(H,14,16). The molecule has 0 radical (unpaired) electrons. The molecule has 0 bridgehead atoms. The molecule has 94 valence electrons. The average molecular weight is 227 g/mol. The van der Waals surface area contributed by atoms with E-state index < -0.39 is 0 Å². The predicted molar refractivity (Wildman–Crippen MR) is 66.1 cm³/mol. The number of carbonyl (C=O) groups is 1. The first-order chi connectivity index (χ1) is 7.52. The van der Waals surface area contributed by atoms with E-state index in [-0.39, 0.29) is 17.9 Å². The Hall–Kier alpha value is -0.610. The number of hydrogen-bond donors (Lipinski definition) is 2. The van der Waals surface area contributed by atoms with Gasteiger partial charge in [-0.25, -0.2) is 0 Å². The number of nitrogens with two attached hydrogens (primary N) is 1. The van der Waals surface area contributed by atoms with E-state index >= 15 is 0 Å². The molecule has 3 unspecified atom stereocenters. The van der Waals surface area contributed by atoms with Gasteiger partial charge < -0.3 is 11.1 Å². The average Bonchev–Trinajstić information content (AvgIpc) is 2.77. The van der Waals surface area contributed by atoms with E-state index in [9.17, 15) is 4.79 Å². The van der Waals surface area contributed by atoms with Crippen LogP contribution in [0.25, 0.3) is 0 Å². The van der Waals surface area contributed by atoms with Crippen molar-refractivity contribution in [3.8, 4) is 0 Å². The number of carbonyl (C=O) groups excluding carboxylic acids is 1. The summed E-state index contributed by atoms with van der Waals surface area (Å²) in [6.45, 7) is 8.98. The Balaban J connectivity index is 2.25. The summed E-state index contributed by atoms with van der Waals surface area (Å²) in [4.78, 5) is 14.1. The molecule has 0 aromatic rings. The lowest BCUT2D eigenvalue weighted by Gasteiger charge is -2.25. The molecule has 0 aromatic carbocycles. The second-order valence-electron chi connectivity index (χ2n) is 4.99. The number of hydrogen-bond acceptors (Lipinski definition) is 3. The minimum Gasteiger partial charge on any atom is -0.354 e. The zero-order valence-corrected chi connectivity index (χ0v) is 10.7. The van der Waals surface area contributed by atoms with Crippen molar-refractivity contribution in [1.29, 1.82) is 0 Å². The lowest BCUT2D eigenvalue weighted by Crippen LogP contribution is -2.45. The molecule has 4 heteroatoms. The summed E-state index contributed by atoms with van der Waals surface area (Å²) in [6, 6.07) is 0.355. The van der Waals surface area contributed by atoms with Crippen LogP contribution in [0.5, 0.6) is 0 Å². The molecule has 1 fully saturated rings. The quantitative estimate of drug-likeness (QED) is 0.722. The van der Waals surface area contributed by atoms with E-state index in [4.69, 9.17) is 5.73 Å². The largest absolute Gasteiger partial charge is 0.354 e. The SMILES string of the molecule is CC(N)C(C)C(=O)NCC(C)N1CCCC1. The van der Waals surface area contributed by atoms with Crippen molar-refractivity contribution >= 4 is 5.91 Å². The van der Waals surface area contributed by atoms with Crippen LogP contribution >= 0.6 is 0 Å². The van der Waals surface area contributed by atoms with Crippen LogP contribution in [0, 0.1) is 5.92 Å². The van der Waals surface area contributed by atoms with Gasteiger partial charge in [0.2, 0.25) is 5.91 Å². The van der Waals surface area contributed by atoms with Gasteiger partial charge in [0.25, 0.3) is 0 Å². The first-order valence-electron chi connectivity index (χ1n) is 6.29. The molecular weight excluding hydrogens is 202 g/mol. The van der Waals surface area contributed by atoms with Gasteiger partial charge >= 0.3 is 0 Å². The van der Waals surface area contributed by atoms with Gasteiger partial charge in [-0.3, -0.25) is 9.69 Å². The highest BCUT2D eigenvalue weighted by atomic mass is 16.1. The molecule has 0 aromatic heterocycles. The summed E-state index contributed by atoms with van der Waals surface area (Å²) in [5.74, 6) is -0.0353. The van der Waals surface area contributed by atoms with Gasteiger partial charge in [-0.05, 0) is 39.8 Å². The molecule has 16 heavy (non-hydrogen) atoms. The summed E-state index contributed by atoms with van der Waals surface area (Å²) in [5, 5.41) is 2.98. The van der Waals surface area contributed by atoms with Crippen LogP contribution < -0.4 is 11.1 Å². The van der Waals surface area contributed by atoms with Gasteiger partial charge in [0.15, 0.2) is 0 Å². The Morgan fingerprint density at radius 3 is 2.38 bits per heavy atom. The van der Waals surface area contributed by atoms with E-state index in [1.54, 1.807) is 0 Å². The molecule has 4 nitrogen and oxygen atoms in total. The summed E-state index contributed by atoms with van der Waals surface area (Å²) >= 11 is 0. The Morgan fingerprint density at radius 2 is 1.88 bits per heavy atom. The maximum absolute atomic E-state index is 11.7. The molecule has 0 aliphatic carbocycles. The van der Waals surface area contributed by atoms with E-state index in [0.29, 0.717) is 6.04 Å². The molecule has 3 atom stereocenters.